The molecular weight excluding hydrogens is 200 g/mol. The lowest BCUT2D eigenvalue weighted by Crippen LogP contribution is -2.56. The third kappa shape index (κ3) is 2.62. The van der Waals surface area contributed by atoms with Crippen molar-refractivity contribution in [2.75, 3.05) is 26.0 Å². The number of nitrogens with two attached hydrogens (primary N) is 1. The van der Waals surface area contributed by atoms with Gasteiger partial charge in [0.15, 0.2) is 0 Å². The van der Waals surface area contributed by atoms with Crippen LogP contribution in [0.1, 0.15) is 13.3 Å². The van der Waals surface area contributed by atoms with Gasteiger partial charge >= 0.3 is 0 Å². The van der Waals surface area contributed by atoms with Gasteiger partial charge < -0.3 is 15.8 Å². The van der Waals surface area contributed by atoms with E-state index in [-0.39, 0.29) is 5.91 Å². The minimum Gasteiger partial charge on any atom is -0.383 e. The second-order valence-corrected chi connectivity index (χ2v) is 5.12. The van der Waals surface area contributed by atoms with Crippen LogP contribution in [0.15, 0.2) is 0 Å². The maximum atomic E-state index is 11.4. The Balaban J connectivity index is 2.50. The van der Waals surface area contributed by atoms with Crippen LogP contribution in [0, 0.1) is 0 Å². The van der Waals surface area contributed by atoms with Gasteiger partial charge in [-0.2, -0.15) is 11.8 Å². The van der Waals surface area contributed by atoms with E-state index in [9.17, 15) is 4.79 Å². The first kappa shape index (κ1) is 11.8. The largest absolute Gasteiger partial charge is 0.383 e. The fourth-order valence-electron chi connectivity index (χ4n) is 1.67. The van der Waals surface area contributed by atoms with E-state index in [4.69, 9.17) is 10.5 Å². The van der Waals surface area contributed by atoms with Crippen LogP contribution in [0.5, 0.6) is 0 Å². The zero-order chi connectivity index (χ0) is 10.6. The van der Waals surface area contributed by atoms with Crippen molar-refractivity contribution in [3.8, 4) is 0 Å². The van der Waals surface area contributed by atoms with Gasteiger partial charge in [0.2, 0.25) is 5.91 Å². The lowest BCUT2D eigenvalue weighted by Gasteiger charge is -2.26. The Kier molecular flexibility index (Phi) is 4.22. The Morgan fingerprint density at radius 3 is 2.93 bits per heavy atom. The van der Waals surface area contributed by atoms with Crippen LogP contribution in [0.4, 0.5) is 0 Å². The monoisotopic (exact) mass is 218 g/mol. The summed E-state index contributed by atoms with van der Waals surface area (Å²) in [6.07, 6.45) is 0.816. The topological polar surface area (TPSA) is 64.3 Å². The molecule has 82 valence electrons. The number of ether oxygens (including phenoxy) is 1. The molecule has 0 aromatic rings. The first-order chi connectivity index (χ1) is 6.60. The molecule has 0 bridgehead atoms. The number of carbonyl (C=O) groups excluding carboxylic acids is 1. The van der Waals surface area contributed by atoms with Crippen LogP contribution in [0.25, 0.3) is 0 Å². The molecule has 4 nitrogen and oxygen atoms in total. The average molecular weight is 218 g/mol. The molecular formula is C9H18N2O2S. The Morgan fingerprint density at radius 1 is 1.79 bits per heavy atom. The number of rotatable bonds is 5. The molecule has 1 saturated heterocycles. The number of hydrogen-bond acceptors (Lipinski definition) is 4. The Labute approximate surface area is 88.9 Å². The summed E-state index contributed by atoms with van der Waals surface area (Å²) in [6, 6.07) is 0. The van der Waals surface area contributed by atoms with Crippen LogP contribution in [0.3, 0.4) is 0 Å². The van der Waals surface area contributed by atoms with E-state index in [1.54, 1.807) is 18.9 Å². The molecule has 1 fully saturated rings. The highest BCUT2D eigenvalue weighted by Crippen LogP contribution is 2.33. The maximum Gasteiger partial charge on any atom is 0.238 e. The van der Waals surface area contributed by atoms with Crippen LogP contribution in [0.2, 0.25) is 0 Å². The van der Waals surface area contributed by atoms with Crippen molar-refractivity contribution in [2.24, 2.45) is 5.73 Å². The Bertz CT molecular complexity index is 213. The number of amides is 1. The summed E-state index contributed by atoms with van der Waals surface area (Å²) in [5, 5.41) is 3.70. The lowest BCUT2D eigenvalue weighted by molar-refractivity contribution is -0.123. The lowest BCUT2D eigenvalue weighted by atomic mass is 9.95. The summed E-state index contributed by atoms with van der Waals surface area (Å²) in [7, 11) is 1.64. The van der Waals surface area contributed by atoms with Gasteiger partial charge in [-0.25, -0.2) is 0 Å². The molecule has 1 aliphatic rings. The highest BCUT2D eigenvalue weighted by Gasteiger charge is 2.42. The van der Waals surface area contributed by atoms with Crippen molar-refractivity contribution in [1.82, 2.24) is 5.32 Å². The molecule has 0 spiro atoms. The fourth-order valence-corrected chi connectivity index (χ4v) is 3.00. The summed E-state index contributed by atoms with van der Waals surface area (Å²) >= 11 is 1.79. The number of carbonyl (C=O) groups is 1. The molecule has 3 N–H and O–H groups in total. The summed E-state index contributed by atoms with van der Waals surface area (Å²) in [6.45, 7) is 3.40. The average Bonchev–Trinajstić information content (AvgIpc) is 2.49. The summed E-state index contributed by atoms with van der Waals surface area (Å²) < 4.78 is 4.93. The summed E-state index contributed by atoms with van der Waals surface area (Å²) in [5.74, 6) is 0.526. The third-order valence-corrected chi connectivity index (χ3v) is 3.89. The molecule has 2 atom stereocenters. The number of thioether (sulfide) groups is 1. The van der Waals surface area contributed by atoms with E-state index in [0.29, 0.717) is 18.4 Å². The summed E-state index contributed by atoms with van der Waals surface area (Å²) in [5.41, 5.74) is 4.91. The highest BCUT2D eigenvalue weighted by atomic mass is 32.2. The number of methoxy groups -OCH3 is 1. The highest BCUT2D eigenvalue weighted by molar-refractivity contribution is 8.00. The molecule has 1 aliphatic heterocycles. The van der Waals surface area contributed by atoms with E-state index in [1.807, 2.05) is 0 Å². The molecule has 0 aromatic heterocycles. The van der Waals surface area contributed by atoms with Crippen molar-refractivity contribution in [3.63, 3.8) is 0 Å². The molecule has 5 heteroatoms. The van der Waals surface area contributed by atoms with E-state index in [2.05, 4.69) is 12.2 Å². The fraction of sp³-hybridized carbons (Fsp3) is 0.889. The number of primary amides is 1. The Morgan fingerprint density at radius 2 is 2.50 bits per heavy atom. The van der Waals surface area contributed by atoms with Crippen LogP contribution >= 0.6 is 11.8 Å². The van der Waals surface area contributed by atoms with E-state index in [0.717, 1.165) is 12.2 Å². The molecule has 0 radical (unpaired) electrons. The zero-order valence-electron chi connectivity index (χ0n) is 8.71. The van der Waals surface area contributed by atoms with Gasteiger partial charge in [-0.05, 0) is 6.42 Å². The number of hydrogen-bond donors (Lipinski definition) is 2. The van der Waals surface area contributed by atoms with E-state index >= 15 is 0 Å². The molecule has 0 saturated carbocycles. The smallest absolute Gasteiger partial charge is 0.238 e. The standard InChI is InChI=1S/C9H18N2O2S/c1-7-5-9(6-14-7,8(10)12)11-3-4-13-2/h7,11H,3-6H2,1-2H3,(H2,10,12). The zero-order valence-corrected chi connectivity index (χ0v) is 9.52. The van der Waals surface area contributed by atoms with E-state index < -0.39 is 5.54 Å². The van der Waals surface area contributed by atoms with Gasteiger partial charge in [0.05, 0.1) is 6.61 Å². The number of nitrogens with one attached hydrogen (secondary N) is 1. The minimum absolute atomic E-state index is 0.245. The first-order valence-electron chi connectivity index (χ1n) is 4.76. The normalized spacial score (nSPS) is 32.0. The van der Waals surface area contributed by atoms with Crippen molar-refractivity contribution in [2.45, 2.75) is 24.1 Å². The minimum atomic E-state index is -0.511. The van der Waals surface area contributed by atoms with Crippen molar-refractivity contribution < 1.29 is 9.53 Å². The third-order valence-electron chi connectivity index (χ3n) is 2.49. The second kappa shape index (κ2) is 5.00. The SMILES string of the molecule is COCCNC1(C(N)=O)CSC(C)C1. The first-order valence-corrected chi connectivity index (χ1v) is 5.81. The van der Waals surface area contributed by atoms with Crippen molar-refractivity contribution in [3.05, 3.63) is 0 Å². The molecule has 0 aliphatic carbocycles. The quantitative estimate of drug-likeness (QED) is 0.636. The van der Waals surface area contributed by atoms with Crippen molar-refractivity contribution >= 4 is 17.7 Å². The molecule has 1 rings (SSSR count). The molecule has 2 unspecified atom stereocenters. The van der Waals surface area contributed by atoms with Gasteiger partial charge in [-0.1, -0.05) is 6.92 Å². The molecule has 1 heterocycles. The van der Waals surface area contributed by atoms with Crippen LogP contribution < -0.4 is 11.1 Å². The second-order valence-electron chi connectivity index (χ2n) is 3.69. The molecule has 1 amide bonds. The maximum absolute atomic E-state index is 11.4. The van der Waals surface area contributed by atoms with Gasteiger partial charge in [0.25, 0.3) is 0 Å². The van der Waals surface area contributed by atoms with Crippen LogP contribution in [-0.2, 0) is 9.53 Å². The molecule has 0 aromatic carbocycles. The predicted molar refractivity (Wildman–Crippen MR) is 58.3 cm³/mol. The van der Waals surface area contributed by atoms with Gasteiger partial charge in [-0.3, -0.25) is 4.79 Å². The Hall–Kier alpha value is -0.260. The predicted octanol–water partition coefficient (Wildman–Crippen LogP) is -0.0281. The van der Waals surface area contributed by atoms with Crippen LogP contribution in [-0.4, -0.2) is 42.7 Å². The van der Waals surface area contributed by atoms with Gasteiger partial charge in [0.1, 0.15) is 5.54 Å². The van der Waals surface area contributed by atoms with E-state index in [1.165, 1.54) is 0 Å². The molecule has 14 heavy (non-hydrogen) atoms. The van der Waals surface area contributed by atoms with Gasteiger partial charge in [0, 0.05) is 24.7 Å². The van der Waals surface area contributed by atoms with Gasteiger partial charge in [-0.15, -0.1) is 0 Å². The van der Waals surface area contributed by atoms with Crippen molar-refractivity contribution in [1.29, 1.82) is 0 Å². The summed E-state index contributed by atoms with van der Waals surface area (Å²) in [4.78, 5) is 11.4.